The molecule has 1 aromatic carbocycles. The summed E-state index contributed by atoms with van der Waals surface area (Å²) in [6.07, 6.45) is -4.67. The van der Waals surface area contributed by atoms with Gasteiger partial charge in [-0.15, -0.1) is 0 Å². The molecule has 2 N–H and O–H groups in total. The van der Waals surface area contributed by atoms with E-state index in [1.165, 1.54) is 6.07 Å². The number of rotatable bonds is 3. The third kappa shape index (κ3) is 3.10. The van der Waals surface area contributed by atoms with Gasteiger partial charge in [0, 0.05) is 17.8 Å². The second-order valence-electron chi connectivity index (χ2n) is 5.05. The van der Waals surface area contributed by atoms with Crippen molar-refractivity contribution < 1.29 is 17.6 Å². The van der Waals surface area contributed by atoms with Crippen LogP contribution >= 0.6 is 0 Å². The molecule has 0 bridgehead atoms. The Balaban J connectivity index is 2.00. The van der Waals surface area contributed by atoms with E-state index in [1.807, 2.05) is 0 Å². The summed E-state index contributed by atoms with van der Waals surface area (Å²) in [4.78, 5) is 9.79. The highest BCUT2D eigenvalue weighted by Gasteiger charge is 2.35. The zero-order valence-corrected chi connectivity index (χ0v) is 12.0. The average molecular weight is 324 g/mol. The fourth-order valence-corrected chi connectivity index (χ4v) is 2.22. The maximum atomic E-state index is 13.6. The van der Waals surface area contributed by atoms with Gasteiger partial charge in [-0.3, -0.25) is 0 Å². The van der Waals surface area contributed by atoms with Crippen LogP contribution in [0.2, 0.25) is 0 Å². The Labute approximate surface area is 128 Å². The van der Waals surface area contributed by atoms with Crippen molar-refractivity contribution in [3.8, 4) is 0 Å². The van der Waals surface area contributed by atoms with Gasteiger partial charge in [0.1, 0.15) is 17.3 Å². The molecule has 8 heteroatoms. The third-order valence-corrected chi connectivity index (χ3v) is 3.28. The van der Waals surface area contributed by atoms with E-state index in [-0.39, 0.29) is 18.0 Å². The van der Waals surface area contributed by atoms with Gasteiger partial charge < -0.3 is 10.3 Å². The van der Waals surface area contributed by atoms with Crippen LogP contribution in [0.4, 0.5) is 23.4 Å². The molecule has 3 rings (SSSR count). The Morgan fingerprint density at radius 2 is 1.91 bits per heavy atom. The van der Waals surface area contributed by atoms with E-state index in [9.17, 15) is 17.6 Å². The number of benzene rings is 1. The van der Waals surface area contributed by atoms with Crippen molar-refractivity contribution in [2.75, 3.05) is 5.32 Å². The molecule has 2 aromatic heterocycles. The molecule has 2 heterocycles. The van der Waals surface area contributed by atoms with Gasteiger partial charge in [-0.05, 0) is 19.1 Å². The van der Waals surface area contributed by atoms with Crippen LogP contribution in [-0.2, 0) is 12.7 Å². The first kappa shape index (κ1) is 15.3. The summed E-state index contributed by atoms with van der Waals surface area (Å²) >= 11 is 0. The van der Waals surface area contributed by atoms with Crippen LogP contribution in [0.5, 0.6) is 0 Å². The molecule has 0 saturated heterocycles. The number of alkyl halides is 3. The van der Waals surface area contributed by atoms with Gasteiger partial charge in [0.2, 0.25) is 5.82 Å². The number of aromatic amines is 1. The summed E-state index contributed by atoms with van der Waals surface area (Å²) in [5, 5.41) is 3.18. The third-order valence-electron chi connectivity index (χ3n) is 3.28. The molecule has 0 aliphatic carbocycles. The minimum absolute atomic E-state index is 0.00919. The second kappa shape index (κ2) is 5.53. The summed E-state index contributed by atoms with van der Waals surface area (Å²) in [5.74, 6) is -1.68. The van der Waals surface area contributed by atoms with Crippen molar-refractivity contribution in [1.82, 2.24) is 15.0 Å². The Bertz CT molecular complexity index is 854. The highest BCUT2D eigenvalue weighted by molar-refractivity contribution is 5.87. The van der Waals surface area contributed by atoms with Gasteiger partial charge in [-0.25, -0.2) is 14.4 Å². The second-order valence-corrected chi connectivity index (χ2v) is 5.05. The number of fused-ring (bicyclic) bond motifs is 1. The molecule has 0 aliphatic rings. The lowest BCUT2D eigenvalue weighted by Gasteiger charge is -2.11. The predicted molar refractivity (Wildman–Crippen MR) is 77.4 cm³/mol. The number of hydrogen-bond donors (Lipinski definition) is 2. The van der Waals surface area contributed by atoms with Gasteiger partial charge in [-0.1, -0.05) is 18.2 Å². The monoisotopic (exact) mass is 324 g/mol. The molecular formula is C15H12F4N4. The molecule has 0 unspecified atom stereocenters. The van der Waals surface area contributed by atoms with Crippen LogP contribution in [0, 0.1) is 12.7 Å². The quantitative estimate of drug-likeness (QED) is 0.715. The van der Waals surface area contributed by atoms with Gasteiger partial charge in [0.05, 0.1) is 5.39 Å². The number of nitrogens with one attached hydrogen (secondary N) is 2. The highest BCUT2D eigenvalue weighted by atomic mass is 19.4. The standard InChI is InChI=1S/C15H12F4N4/c1-8-6-10-12(20-7-9-4-2-3-5-11(9)16)22-14(15(17,18)19)23-13(10)21-8/h2-6H,7H2,1H3,(H2,20,21,22,23). The van der Waals surface area contributed by atoms with Gasteiger partial charge in [0.15, 0.2) is 0 Å². The maximum absolute atomic E-state index is 13.6. The molecule has 4 nitrogen and oxygen atoms in total. The normalized spacial score (nSPS) is 11.9. The first-order valence-electron chi connectivity index (χ1n) is 6.76. The minimum atomic E-state index is -4.67. The van der Waals surface area contributed by atoms with E-state index in [0.717, 1.165) is 0 Å². The molecule has 0 saturated carbocycles. The van der Waals surface area contributed by atoms with Crippen LogP contribution in [0.3, 0.4) is 0 Å². The van der Waals surface area contributed by atoms with E-state index in [2.05, 4.69) is 20.3 Å². The fraction of sp³-hybridized carbons (Fsp3) is 0.200. The van der Waals surface area contributed by atoms with Crippen LogP contribution in [-0.4, -0.2) is 15.0 Å². The van der Waals surface area contributed by atoms with E-state index in [0.29, 0.717) is 16.6 Å². The summed E-state index contributed by atoms with van der Waals surface area (Å²) in [6, 6.07) is 7.66. The van der Waals surface area contributed by atoms with Crippen LogP contribution < -0.4 is 5.32 Å². The summed E-state index contributed by atoms with van der Waals surface area (Å²) in [7, 11) is 0. The smallest absolute Gasteiger partial charge is 0.365 e. The Hall–Kier alpha value is -2.64. The number of nitrogens with zero attached hydrogens (tertiary/aromatic N) is 2. The molecule has 3 aromatic rings. The number of H-pyrrole nitrogens is 1. The molecule has 0 radical (unpaired) electrons. The van der Waals surface area contributed by atoms with E-state index in [1.54, 1.807) is 31.2 Å². The van der Waals surface area contributed by atoms with Crippen LogP contribution in [0.25, 0.3) is 11.0 Å². The molecule has 0 aliphatic heterocycles. The zero-order chi connectivity index (χ0) is 16.6. The van der Waals surface area contributed by atoms with E-state index >= 15 is 0 Å². The van der Waals surface area contributed by atoms with Crippen LogP contribution in [0.15, 0.2) is 30.3 Å². The van der Waals surface area contributed by atoms with Gasteiger partial charge in [-0.2, -0.15) is 13.2 Å². The molecule has 0 fully saturated rings. The van der Waals surface area contributed by atoms with Crippen molar-refractivity contribution in [3.63, 3.8) is 0 Å². The Morgan fingerprint density at radius 1 is 1.17 bits per heavy atom. The molecule has 0 atom stereocenters. The largest absolute Gasteiger partial charge is 0.451 e. The first-order valence-corrected chi connectivity index (χ1v) is 6.76. The lowest BCUT2D eigenvalue weighted by Crippen LogP contribution is -2.13. The molecule has 23 heavy (non-hydrogen) atoms. The topological polar surface area (TPSA) is 53.6 Å². The number of anilines is 1. The number of aryl methyl sites for hydroxylation is 1. The highest BCUT2D eigenvalue weighted by Crippen LogP contribution is 2.30. The maximum Gasteiger partial charge on any atom is 0.451 e. The summed E-state index contributed by atoms with van der Waals surface area (Å²) < 4.78 is 52.3. The van der Waals surface area contributed by atoms with Gasteiger partial charge >= 0.3 is 6.18 Å². The number of halogens is 4. The molecule has 0 amide bonds. The van der Waals surface area contributed by atoms with Crippen molar-refractivity contribution >= 4 is 16.9 Å². The average Bonchev–Trinajstić information content (AvgIpc) is 2.85. The number of aromatic nitrogens is 3. The van der Waals surface area contributed by atoms with Crippen LogP contribution in [0.1, 0.15) is 17.1 Å². The SMILES string of the molecule is Cc1cc2c(NCc3ccccc3F)nc(C(F)(F)F)nc2[nH]1. The van der Waals surface area contributed by atoms with Crippen molar-refractivity contribution in [2.45, 2.75) is 19.6 Å². The first-order chi connectivity index (χ1) is 10.8. The molecular weight excluding hydrogens is 312 g/mol. The number of hydrogen-bond acceptors (Lipinski definition) is 3. The van der Waals surface area contributed by atoms with Crippen molar-refractivity contribution in [3.05, 3.63) is 53.2 Å². The predicted octanol–water partition coefficient (Wildman–Crippen LogP) is 4.04. The lowest BCUT2D eigenvalue weighted by atomic mass is 10.2. The molecule has 120 valence electrons. The zero-order valence-electron chi connectivity index (χ0n) is 12.0. The van der Waals surface area contributed by atoms with E-state index < -0.39 is 17.8 Å². The van der Waals surface area contributed by atoms with Crippen molar-refractivity contribution in [2.24, 2.45) is 0 Å². The summed E-state index contributed by atoms with van der Waals surface area (Å²) in [5.41, 5.74) is 1.07. The van der Waals surface area contributed by atoms with E-state index in [4.69, 9.17) is 0 Å². The lowest BCUT2D eigenvalue weighted by molar-refractivity contribution is -0.144. The van der Waals surface area contributed by atoms with Crippen molar-refractivity contribution in [1.29, 1.82) is 0 Å². The fourth-order valence-electron chi connectivity index (χ4n) is 2.22. The Morgan fingerprint density at radius 3 is 2.61 bits per heavy atom. The minimum Gasteiger partial charge on any atom is -0.365 e. The Kier molecular flexibility index (Phi) is 3.67. The summed E-state index contributed by atoms with van der Waals surface area (Å²) in [6.45, 7) is 1.72. The molecule has 0 spiro atoms. The van der Waals surface area contributed by atoms with Gasteiger partial charge in [0.25, 0.3) is 0 Å².